The molecule has 1 rings (SSSR count). The Morgan fingerprint density at radius 2 is 1.47 bits per heavy atom. The van der Waals surface area contributed by atoms with Crippen molar-refractivity contribution in [3.8, 4) is 0 Å². The summed E-state index contributed by atoms with van der Waals surface area (Å²) < 4.78 is 0. The predicted molar refractivity (Wildman–Crippen MR) is 64.7 cm³/mol. The topological polar surface area (TPSA) is 17.1 Å². The minimum atomic E-state index is 0.0619. The number of allylic oxidation sites excluding steroid dienone is 6. The van der Waals surface area contributed by atoms with Crippen LogP contribution < -0.4 is 0 Å². The average molecular weight is 204 g/mol. The standard InChI is InChI=1S/C14H20O/c1-9(2)11-7-8-12(13(11)15)10(3)14(4,5)6/h7-8H,1-6H3/b12-10+. The molecule has 0 aromatic carbocycles. The van der Waals surface area contributed by atoms with E-state index in [1.807, 2.05) is 32.9 Å². The van der Waals surface area contributed by atoms with Crippen LogP contribution in [0, 0.1) is 5.41 Å². The molecule has 0 aliphatic heterocycles. The third-order valence-corrected chi connectivity index (χ3v) is 2.97. The molecule has 0 unspecified atom stereocenters. The van der Waals surface area contributed by atoms with E-state index in [0.717, 1.165) is 16.7 Å². The van der Waals surface area contributed by atoms with Crippen molar-refractivity contribution in [3.63, 3.8) is 0 Å². The lowest BCUT2D eigenvalue weighted by Gasteiger charge is -2.21. The highest BCUT2D eigenvalue weighted by atomic mass is 16.1. The van der Waals surface area contributed by atoms with E-state index in [2.05, 4.69) is 20.8 Å². The van der Waals surface area contributed by atoms with Gasteiger partial charge in [-0.1, -0.05) is 44.1 Å². The summed E-state index contributed by atoms with van der Waals surface area (Å²) in [6, 6.07) is 0. The lowest BCUT2D eigenvalue weighted by Crippen LogP contribution is -2.12. The van der Waals surface area contributed by atoms with E-state index in [1.54, 1.807) is 0 Å². The minimum absolute atomic E-state index is 0.0619. The van der Waals surface area contributed by atoms with Gasteiger partial charge in [0.25, 0.3) is 0 Å². The second kappa shape index (κ2) is 3.80. The Morgan fingerprint density at radius 1 is 1.00 bits per heavy atom. The molecule has 0 atom stereocenters. The molecular weight excluding hydrogens is 184 g/mol. The summed E-state index contributed by atoms with van der Waals surface area (Å²) in [5.74, 6) is 0.183. The van der Waals surface area contributed by atoms with Crippen molar-refractivity contribution in [1.82, 2.24) is 0 Å². The number of carbonyl (C=O) groups is 1. The van der Waals surface area contributed by atoms with Crippen LogP contribution >= 0.6 is 0 Å². The van der Waals surface area contributed by atoms with E-state index >= 15 is 0 Å². The van der Waals surface area contributed by atoms with Gasteiger partial charge < -0.3 is 0 Å². The molecule has 1 heteroatoms. The molecule has 0 heterocycles. The Morgan fingerprint density at radius 3 is 1.80 bits per heavy atom. The molecule has 0 saturated heterocycles. The summed E-state index contributed by atoms with van der Waals surface area (Å²) in [4.78, 5) is 12.1. The molecule has 15 heavy (non-hydrogen) atoms. The molecule has 0 N–H and O–H groups in total. The zero-order valence-corrected chi connectivity index (χ0v) is 10.6. The SMILES string of the molecule is CC(C)=C1C=C/C(=C(/C)C(C)(C)C)C1=O. The van der Waals surface area contributed by atoms with E-state index in [4.69, 9.17) is 0 Å². The summed E-state index contributed by atoms with van der Waals surface area (Å²) in [5.41, 5.74) is 4.05. The van der Waals surface area contributed by atoms with Gasteiger partial charge in [0.05, 0.1) is 0 Å². The highest BCUT2D eigenvalue weighted by Gasteiger charge is 2.25. The van der Waals surface area contributed by atoms with Gasteiger partial charge in [0.2, 0.25) is 0 Å². The van der Waals surface area contributed by atoms with Crippen molar-refractivity contribution >= 4 is 5.78 Å². The van der Waals surface area contributed by atoms with Gasteiger partial charge in [-0.05, 0) is 26.2 Å². The monoisotopic (exact) mass is 204 g/mol. The van der Waals surface area contributed by atoms with Crippen LogP contribution in [0.25, 0.3) is 0 Å². The van der Waals surface area contributed by atoms with E-state index in [-0.39, 0.29) is 11.2 Å². The first-order valence-electron chi connectivity index (χ1n) is 5.36. The molecule has 1 nitrogen and oxygen atoms in total. The first-order valence-corrected chi connectivity index (χ1v) is 5.36. The predicted octanol–water partition coefficient (Wildman–Crippen LogP) is 3.82. The van der Waals surface area contributed by atoms with Gasteiger partial charge in [0, 0.05) is 11.1 Å². The van der Waals surface area contributed by atoms with E-state index < -0.39 is 0 Å². The lowest BCUT2D eigenvalue weighted by atomic mass is 9.83. The van der Waals surface area contributed by atoms with Crippen LogP contribution in [0.1, 0.15) is 41.5 Å². The second-order valence-corrected chi connectivity index (χ2v) is 5.36. The maximum absolute atomic E-state index is 12.1. The molecule has 0 bridgehead atoms. The number of rotatable bonds is 0. The zero-order chi connectivity index (χ0) is 11.8. The van der Waals surface area contributed by atoms with Crippen LogP contribution in [0.4, 0.5) is 0 Å². The fraction of sp³-hybridized carbons (Fsp3) is 0.500. The van der Waals surface area contributed by atoms with Crippen LogP contribution in [0.2, 0.25) is 0 Å². The van der Waals surface area contributed by atoms with Crippen molar-refractivity contribution in [2.75, 3.05) is 0 Å². The van der Waals surface area contributed by atoms with Gasteiger partial charge in [0.15, 0.2) is 5.78 Å². The van der Waals surface area contributed by atoms with E-state index in [0.29, 0.717) is 0 Å². The van der Waals surface area contributed by atoms with Gasteiger partial charge in [0.1, 0.15) is 0 Å². The molecule has 0 aromatic heterocycles. The van der Waals surface area contributed by atoms with Gasteiger partial charge in [-0.3, -0.25) is 4.79 Å². The third-order valence-electron chi connectivity index (χ3n) is 2.97. The highest BCUT2D eigenvalue weighted by Crippen LogP contribution is 2.32. The molecule has 1 aliphatic carbocycles. The Bertz CT molecular complexity index is 380. The summed E-state index contributed by atoms with van der Waals surface area (Å²) in [6.07, 6.45) is 3.88. The number of ketones is 1. The van der Waals surface area contributed by atoms with Crippen LogP contribution in [-0.4, -0.2) is 5.78 Å². The number of carbonyl (C=O) groups excluding carboxylic acids is 1. The third kappa shape index (κ3) is 2.28. The molecule has 82 valence electrons. The Balaban J connectivity index is 3.22. The number of Topliss-reactive ketones (excluding diaryl/α,β-unsaturated/α-hetero) is 1. The molecule has 0 aromatic rings. The average Bonchev–Trinajstić information content (AvgIpc) is 2.44. The van der Waals surface area contributed by atoms with Gasteiger partial charge in [-0.15, -0.1) is 0 Å². The van der Waals surface area contributed by atoms with Gasteiger partial charge in [-0.25, -0.2) is 0 Å². The Kier molecular flexibility index (Phi) is 3.03. The smallest absolute Gasteiger partial charge is 0.192 e. The van der Waals surface area contributed by atoms with Crippen LogP contribution in [0.3, 0.4) is 0 Å². The highest BCUT2D eigenvalue weighted by molar-refractivity contribution is 6.16. The molecule has 1 aliphatic rings. The number of hydrogen-bond acceptors (Lipinski definition) is 1. The van der Waals surface area contributed by atoms with Crippen LogP contribution in [0.15, 0.2) is 34.4 Å². The van der Waals surface area contributed by atoms with Gasteiger partial charge in [-0.2, -0.15) is 0 Å². The zero-order valence-electron chi connectivity index (χ0n) is 10.6. The normalized spacial score (nSPS) is 19.9. The first kappa shape index (κ1) is 12.0. The summed E-state index contributed by atoms with van der Waals surface area (Å²) in [6.45, 7) is 12.4. The van der Waals surface area contributed by atoms with Crippen molar-refractivity contribution in [3.05, 3.63) is 34.4 Å². The lowest BCUT2D eigenvalue weighted by molar-refractivity contribution is -0.111. The van der Waals surface area contributed by atoms with Crippen LogP contribution in [0.5, 0.6) is 0 Å². The fourth-order valence-electron chi connectivity index (χ4n) is 1.56. The summed E-state index contributed by atoms with van der Waals surface area (Å²) in [7, 11) is 0. The second-order valence-electron chi connectivity index (χ2n) is 5.36. The van der Waals surface area contributed by atoms with Crippen molar-refractivity contribution in [2.24, 2.45) is 5.41 Å². The van der Waals surface area contributed by atoms with Crippen molar-refractivity contribution in [2.45, 2.75) is 41.5 Å². The molecule has 0 saturated carbocycles. The largest absolute Gasteiger partial charge is 0.289 e. The van der Waals surface area contributed by atoms with Crippen LogP contribution in [-0.2, 0) is 4.79 Å². The minimum Gasteiger partial charge on any atom is -0.289 e. The molecule has 0 spiro atoms. The first-order chi connectivity index (χ1) is 6.75. The molecule has 0 fully saturated rings. The Hall–Kier alpha value is -1.11. The van der Waals surface area contributed by atoms with Gasteiger partial charge >= 0.3 is 0 Å². The maximum Gasteiger partial charge on any atom is 0.192 e. The summed E-state index contributed by atoms with van der Waals surface area (Å²) in [5, 5.41) is 0. The van der Waals surface area contributed by atoms with E-state index in [1.165, 1.54) is 5.57 Å². The van der Waals surface area contributed by atoms with Crippen molar-refractivity contribution < 1.29 is 4.79 Å². The molecule has 0 amide bonds. The quantitative estimate of drug-likeness (QED) is 0.548. The Labute approximate surface area is 92.6 Å². The molecular formula is C14H20O. The summed E-state index contributed by atoms with van der Waals surface area (Å²) >= 11 is 0. The number of hydrogen-bond donors (Lipinski definition) is 0. The van der Waals surface area contributed by atoms with E-state index in [9.17, 15) is 4.79 Å². The molecule has 0 radical (unpaired) electrons. The maximum atomic E-state index is 12.1. The fourth-order valence-corrected chi connectivity index (χ4v) is 1.56. The van der Waals surface area contributed by atoms with Crippen molar-refractivity contribution in [1.29, 1.82) is 0 Å².